The third-order valence-electron chi connectivity index (χ3n) is 4.40. The number of hydrogen-bond acceptors (Lipinski definition) is 7. The van der Waals surface area contributed by atoms with E-state index in [4.69, 9.17) is 4.74 Å². The molecule has 0 saturated carbocycles. The number of esters is 1. The van der Waals surface area contributed by atoms with Crippen molar-refractivity contribution in [3.05, 3.63) is 57.3 Å². The fourth-order valence-corrected chi connectivity index (χ4v) is 4.03. The molecule has 142 valence electrons. The van der Waals surface area contributed by atoms with Gasteiger partial charge in [0.2, 0.25) is 0 Å². The first kappa shape index (κ1) is 19.2. The Morgan fingerprint density at radius 3 is 2.74 bits per heavy atom. The van der Waals surface area contributed by atoms with E-state index in [2.05, 4.69) is 27.2 Å². The summed E-state index contributed by atoms with van der Waals surface area (Å²) in [6.07, 6.45) is 5.40. The van der Waals surface area contributed by atoms with Crippen LogP contribution in [0.3, 0.4) is 0 Å². The molecule has 0 aliphatic carbocycles. The molecule has 8 heteroatoms. The van der Waals surface area contributed by atoms with Crippen molar-refractivity contribution in [1.82, 2.24) is 15.0 Å². The first-order valence-corrected chi connectivity index (χ1v) is 9.78. The number of aromatic nitrogens is 3. The lowest BCUT2D eigenvalue weighted by Crippen LogP contribution is -2.31. The molecule has 2 N–H and O–H groups in total. The van der Waals surface area contributed by atoms with Gasteiger partial charge in [-0.25, -0.2) is 9.78 Å². The van der Waals surface area contributed by atoms with Crippen LogP contribution < -0.4 is 10.9 Å². The van der Waals surface area contributed by atoms with Crippen molar-refractivity contribution in [2.24, 2.45) is 0 Å². The minimum atomic E-state index is -0.567. The van der Waals surface area contributed by atoms with Gasteiger partial charge >= 0.3 is 5.97 Å². The minimum Gasteiger partial charge on any atom is -0.466 e. The number of ether oxygens (including phenoxy) is 1. The van der Waals surface area contributed by atoms with Crippen LogP contribution in [0.2, 0.25) is 0 Å². The lowest BCUT2D eigenvalue weighted by molar-refractivity contribution is -0.136. The highest BCUT2D eigenvalue weighted by Crippen LogP contribution is 2.39. The average molecular weight is 386 g/mol. The van der Waals surface area contributed by atoms with E-state index in [1.807, 2.05) is 0 Å². The normalized spacial score (nSPS) is 15.9. The summed E-state index contributed by atoms with van der Waals surface area (Å²) >= 11 is 1.52. The number of nitrogens with zero attached hydrogens (tertiary/aromatic N) is 2. The van der Waals surface area contributed by atoms with Crippen LogP contribution in [0.1, 0.15) is 43.7 Å². The molecule has 0 spiro atoms. The first-order chi connectivity index (χ1) is 13.1. The van der Waals surface area contributed by atoms with Crippen LogP contribution in [0.4, 0.5) is 5.82 Å². The Morgan fingerprint density at radius 1 is 1.33 bits per heavy atom. The van der Waals surface area contributed by atoms with Crippen LogP contribution in [0.15, 0.2) is 45.7 Å². The molecule has 1 aliphatic heterocycles. The number of rotatable bonds is 6. The number of thioether (sulfide) groups is 1. The predicted molar refractivity (Wildman–Crippen MR) is 105 cm³/mol. The molecule has 0 bridgehead atoms. The number of aromatic amines is 1. The molecule has 0 fully saturated rings. The smallest absolute Gasteiger partial charge is 0.336 e. The molecule has 1 atom stereocenters. The van der Waals surface area contributed by atoms with Crippen molar-refractivity contribution in [2.45, 2.75) is 37.8 Å². The third kappa shape index (κ3) is 3.90. The summed E-state index contributed by atoms with van der Waals surface area (Å²) in [6, 6.07) is 3.58. The lowest BCUT2D eigenvalue weighted by atomic mass is 9.83. The summed E-state index contributed by atoms with van der Waals surface area (Å²) in [7, 11) is 1.33. The van der Waals surface area contributed by atoms with Crippen LogP contribution in [0, 0.1) is 0 Å². The molecule has 2 aromatic heterocycles. The van der Waals surface area contributed by atoms with E-state index in [0.29, 0.717) is 27.8 Å². The van der Waals surface area contributed by atoms with Crippen LogP contribution >= 0.6 is 11.8 Å². The van der Waals surface area contributed by atoms with Crippen LogP contribution in [0.25, 0.3) is 0 Å². The molecule has 0 amide bonds. The van der Waals surface area contributed by atoms with Gasteiger partial charge in [0.25, 0.3) is 5.56 Å². The predicted octanol–water partition coefficient (Wildman–Crippen LogP) is 3.06. The number of hydrogen-bond donors (Lipinski definition) is 2. The summed E-state index contributed by atoms with van der Waals surface area (Å²) in [5.74, 6) is 0.314. The molecule has 1 unspecified atom stereocenters. The monoisotopic (exact) mass is 386 g/mol. The zero-order valence-electron chi connectivity index (χ0n) is 15.5. The fraction of sp³-hybridized carbons (Fsp3) is 0.368. The highest BCUT2D eigenvalue weighted by atomic mass is 32.2. The Bertz CT molecular complexity index is 924. The van der Waals surface area contributed by atoms with E-state index in [1.54, 1.807) is 31.5 Å². The van der Waals surface area contributed by atoms with Crippen LogP contribution in [-0.4, -0.2) is 33.8 Å². The number of H-pyrrole nitrogens is 1. The van der Waals surface area contributed by atoms with Gasteiger partial charge in [-0.2, -0.15) is 0 Å². The van der Waals surface area contributed by atoms with Crippen molar-refractivity contribution in [1.29, 1.82) is 0 Å². The van der Waals surface area contributed by atoms with E-state index in [1.165, 1.54) is 18.9 Å². The molecule has 0 saturated heterocycles. The number of methoxy groups -OCH3 is 1. The molecule has 0 radical (unpaired) electrons. The highest BCUT2D eigenvalue weighted by Gasteiger charge is 2.36. The second-order valence-corrected chi connectivity index (χ2v) is 7.29. The first-order valence-electron chi connectivity index (χ1n) is 8.79. The molecule has 27 heavy (non-hydrogen) atoms. The minimum absolute atomic E-state index is 0.262. The largest absolute Gasteiger partial charge is 0.466 e. The maximum Gasteiger partial charge on any atom is 0.336 e. The molecule has 0 aromatic carbocycles. The average Bonchev–Trinajstić information content (AvgIpc) is 2.67. The van der Waals surface area contributed by atoms with Crippen molar-refractivity contribution in [3.63, 3.8) is 0 Å². The van der Waals surface area contributed by atoms with E-state index < -0.39 is 11.9 Å². The van der Waals surface area contributed by atoms with Crippen molar-refractivity contribution >= 4 is 23.5 Å². The SMILES string of the molecule is CCCCSc1nc2c(c(=O)[nH]1)C(c1ccncc1)C(C(=O)OC)=C(C)N2. The molecular weight excluding hydrogens is 364 g/mol. The lowest BCUT2D eigenvalue weighted by Gasteiger charge is -2.28. The maximum absolute atomic E-state index is 12.9. The number of pyridine rings is 1. The molecular formula is C19H22N4O3S. The Hall–Kier alpha value is -2.61. The maximum atomic E-state index is 12.9. The third-order valence-corrected chi connectivity index (χ3v) is 5.36. The number of unbranched alkanes of at least 4 members (excludes halogenated alkanes) is 1. The molecule has 7 nitrogen and oxygen atoms in total. The number of allylic oxidation sites excluding steroid dienone is 1. The summed E-state index contributed by atoms with van der Waals surface area (Å²) in [5.41, 5.74) is 1.95. The molecule has 3 heterocycles. The highest BCUT2D eigenvalue weighted by molar-refractivity contribution is 7.99. The Labute approximate surface area is 161 Å². The van der Waals surface area contributed by atoms with Crippen LogP contribution in [0.5, 0.6) is 0 Å². The summed E-state index contributed by atoms with van der Waals surface area (Å²) in [6.45, 7) is 3.91. The topological polar surface area (TPSA) is 97.0 Å². The fourth-order valence-electron chi connectivity index (χ4n) is 3.08. The van der Waals surface area contributed by atoms with Gasteiger partial charge < -0.3 is 15.0 Å². The van der Waals surface area contributed by atoms with Gasteiger partial charge in [-0.15, -0.1) is 0 Å². The standard InChI is InChI=1S/C19H22N4O3S/c1-4-5-10-27-19-22-16-15(17(24)23-19)14(12-6-8-20-9-7-12)13(11(2)21-16)18(25)26-3/h6-9,14H,4-5,10H2,1-3H3,(H2,21,22,23,24). The van der Waals surface area contributed by atoms with Gasteiger partial charge in [0.15, 0.2) is 5.16 Å². The summed E-state index contributed by atoms with van der Waals surface area (Å²) in [4.78, 5) is 36.8. The Balaban J connectivity index is 2.12. The second-order valence-electron chi connectivity index (χ2n) is 6.20. The van der Waals surface area contributed by atoms with E-state index in [9.17, 15) is 9.59 Å². The number of nitrogens with one attached hydrogen (secondary N) is 2. The van der Waals surface area contributed by atoms with Gasteiger partial charge in [-0.05, 0) is 31.0 Å². The van der Waals surface area contributed by atoms with E-state index in [-0.39, 0.29) is 5.56 Å². The summed E-state index contributed by atoms with van der Waals surface area (Å²) < 4.78 is 4.97. The summed E-state index contributed by atoms with van der Waals surface area (Å²) in [5, 5.41) is 3.69. The Morgan fingerprint density at radius 2 is 2.07 bits per heavy atom. The zero-order valence-corrected chi connectivity index (χ0v) is 16.4. The molecule has 2 aromatic rings. The van der Waals surface area contributed by atoms with Gasteiger partial charge in [0.1, 0.15) is 5.82 Å². The van der Waals surface area contributed by atoms with Gasteiger partial charge in [-0.1, -0.05) is 25.1 Å². The number of anilines is 1. The van der Waals surface area contributed by atoms with Gasteiger partial charge in [0.05, 0.1) is 24.2 Å². The van der Waals surface area contributed by atoms with Gasteiger partial charge in [-0.3, -0.25) is 9.78 Å². The molecule has 1 aliphatic rings. The number of carbonyl (C=O) groups is 1. The Kier molecular flexibility index (Phi) is 5.95. The zero-order chi connectivity index (χ0) is 19.4. The quantitative estimate of drug-likeness (QED) is 0.341. The van der Waals surface area contributed by atoms with Crippen molar-refractivity contribution < 1.29 is 9.53 Å². The number of carbonyl (C=O) groups excluding carboxylic acids is 1. The van der Waals surface area contributed by atoms with E-state index in [0.717, 1.165) is 24.2 Å². The second kappa shape index (κ2) is 8.39. The van der Waals surface area contributed by atoms with Crippen LogP contribution in [-0.2, 0) is 9.53 Å². The van der Waals surface area contributed by atoms with E-state index >= 15 is 0 Å². The molecule has 3 rings (SSSR count). The number of fused-ring (bicyclic) bond motifs is 1. The van der Waals surface area contributed by atoms with Crippen molar-refractivity contribution in [2.75, 3.05) is 18.2 Å². The van der Waals surface area contributed by atoms with Crippen molar-refractivity contribution in [3.8, 4) is 0 Å². The van der Waals surface area contributed by atoms with Gasteiger partial charge in [0, 0.05) is 23.8 Å².